The zero-order valence-corrected chi connectivity index (χ0v) is 8.75. The monoisotopic (exact) mass is 217 g/mol. The number of carbonyl (C=O) groups excluding carboxylic acids is 2. The van der Waals surface area contributed by atoms with Crippen molar-refractivity contribution >= 4 is 11.8 Å². The van der Waals surface area contributed by atoms with E-state index < -0.39 is 12.7 Å². The number of nitrogens with zero attached hydrogens (tertiary/aromatic N) is 1. The van der Waals surface area contributed by atoms with Gasteiger partial charge in [0.1, 0.15) is 6.67 Å². The molecule has 2 N–H and O–H groups in total. The number of hydrogen-bond acceptors (Lipinski definition) is 3. The maximum absolute atomic E-state index is 12.1. The van der Waals surface area contributed by atoms with Crippen molar-refractivity contribution in [3.8, 4) is 0 Å². The topological polar surface area (TPSA) is 61.4 Å². The van der Waals surface area contributed by atoms with E-state index in [1.54, 1.807) is 0 Å². The summed E-state index contributed by atoms with van der Waals surface area (Å²) in [4.78, 5) is 24.2. The molecule has 6 heteroatoms. The lowest BCUT2D eigenvalue weighted by atomic mass is 10.1. The molecule has 0 spiro atoms. The van der Waals surface area contributed by atoms with Crippen LogP contribution in [0.1, 0.15) is 6.42 Å². The van der Waals surface area contributed by atoms with Crippen LogP contribution in [-0.2, 0) is 9.59 Å². The van der Waals surface area contributed by atoms with Crippen LogP contribution in [-0.4, -0.2) is 56.1 Å². The molecule has 86 valence electrons. The van der Waals surface area contributed by atoms with Crippen LogP contribution >= 0.6 is 0 Å². The normalized spacial score (nSPS) is 21.6. The lowest BCUT2D eigenvalue weighted by Crippen LogP contribution is -2.56. The minimum Gasteiger partial charge on any atom is -0.359 e. The Hall–Kier alpha value is -1.17. The Labute approximate surface area is 88.0 Å². The largest absolute Gasteiger partial charge is 0.359 e. The van der Waals surface area contributed by atoms with Crippen molar-refractivity contribution < 1.29 is 14.0 Å². The summed E-state index contributed by atoms with van der Waals surface area (Å²) in [5.74, 6) is -0.384. The molecule has 0 aromatic carbocycles. The molecule has 1 rings (SSSR count). The zero-order chi connectivity index (χ0) is 11.3. The lowest BCUT2D eigenvalue weighted by molar-refractivity contribution is -0.138. The number of carbonyl (C=O) groups is 2. The molecule has 1 saturated heterocycles. The molecule has 5 nitrogen and oxygen atoms in total. The molecule has 2 amide bonds. The van der Waals surface area contributed by atoms with Crippen molar-refractivity contribution in [1.82, 2.24) is 15.5 Å². The number of nitrogens with one attached hydrogen (secondary N) is 2. The number of halogens is 1. The van der Waals surface area contributed by atoms with Gasteiger partial charge in [-0.3, -0.25) is 9.59 Å². The van der Waals surface area contributed by atoms with Crippen molar-refractivity contribution in [3.05, 3.63) is 0 Å². The van der Waals surface area contributed by atoms with E-state index in [-0.39, 0.29) is 24.8 Å². The van der Waals surface area contributed by atoms with Crippen molar-refractivity contribution in [3.63, 3.8) is 0 Å². The molecule has 1 aliphatic rings. The first kappa shape index (κ1) is 11.9. The van der Waals surface area contributed by atoms with E-state index in [9.17, 15) is 14.0 Å². The molecule has 0 aromatic heterocycles. The van der Waals surface area contributed by atoms with Gasteiger partial charge in [0, 0.05) is 26.7 Å². The third-order valence-corrected chi connectivity index (χ3v) is 2.41. The van der Waals surface area contributed by atoms with Gasteiger partial charge in [-0.05, 0) is 0 Å². The third-order valence-electron chi connectivity index (χ3n) is 2.41. The average Bonchev–Trinajstić information content (AvgIpc) is 2.24. The first-order valence-corrected chi connectivity index (χ1v) is 4.97. The Morgan fingerprint density at radius 3 is 3.07 bits per heavy atom. The van der Waals surface area contributed by atoms with Crippen LogP contribution < -0.4 is 10.6 Å². The molecule has 1 heterocycles. The predicted molar refractivity (Wildman–Crippen MR) is 53.0 cm³/mol. The van der Waals surface area contributed by atoms with Gasteiger partial charge in [0.25, 0.3) is 0 Å². The molecule has 1 aliphatic heterocycles. The van der Waals surface area contributed by atoms with Gasteiger partial charge in [0.2, 0.25) is 11.8 Å². The molecule has 15 heavy (non-hydrogen) atoms. The molecule has 0 bridgehead atoms. The van der Waals surface area contributed by atoms with Gasteiger partial charge < -0.3 is 15.5 Å². The first-order chi connectivity index (χ1) is 7.19. The van der Waals surface area contributed by atoms with Crippen LogP contribution in [0.25, 0.3) is 0 Å². The zero-order valence-electron chi connectivity index (χ0n) is 8.75. The summed E-state index contributed by atoms with van der Waals surface area (Å²) >= 11 is 0. The smallest absolute Gasteiger partial charge is 0.240 e. The Morgan fingerprint density at radius 2 is 2.47 bits per heavy atom. The first-order valence-electron chi connectivity index (χ1n) is 4.97. The fourth-order valence-corrected chi connectivity index (χ4v) is 1.56. The second kappa shape index (κ2) is 5.65. The Kier molecular flexibility index (Phi) is 4.48. The summed E-state index contributed by atoms with van der Waals surface area (Å²) in [5, 5.41) is 5.40. The number of rotatable bonds is 4. The molecule has 0 radical (unpaired) electrons. The summed E-state index contributed by atoms with van der Waals surface area (Å²) in [6, 6.07) is -0.509. The molecule has 0 saturated carbocycles. The predicted octanol–water partition coefficient (Wildman–Crippen LogP) is -1.11. The number of hydrogen-bond donors (Lipinski definition) is 2. The third kappa shape index (κ3) is 3.16. The van der Waals surface area contributed by atoms with Gasteiger partial charge in [-0.25, -0.2) is 4.39 Å². The van der Waals surface area contributed by atoms with Crippen LogP contribution in [0.15, 0.2) is 0 Å². The van der Waals surface area contributed by atoms with E-state index in [0.29, 0.717) is 13.1 Å². The highest BCUT2D eigenvalue weighted by atomic mass is 19.1. The Balaban J connectivity index is 2.50. The van der Waals surface area contributed by atoms with Gasteiger partial charge >= 0.3 is 0 Å². The minimum atomic E-state index is -0.543. The summed E-state index contributed by atoms with van der Waals surface area (Å²) in [6.07, 6.45) is 0.109. The van der Waals surface area contributed by atoms with Crippen LogP contribution in [0.2, 0.25) is 0 Å². The van der Waals surface area contributed by atoms with Crippen LogP contribution in [0.3, 0.4) is 0 Å². The molecule has 1 atom stereocenters. The van der Waals surface area contributed by atoms with Crippen molar-refractivity contribution in [2.75, 3.05) is 33.4 Å². The van der Waals surface area contributed by atoms with E-state index in [1.165, 1.54) is 11.9 Å². The summed E-state index contributed by atoms with van der Waals surface area (Å²) in [5.41, 5.74) is 0. The fourth-order valence-electron chi connectivity index (χ4n) is 1.56. The van der Waals surface area contributed by atoms with Crippen molar-refractivity contribution in [2.24, 2.45) is 0 Å². The quantitative estimate of drug-likeness (QED) is 0.628. The van der Waals surface area contributed by atoms with Crippen molar-refractivity contribution in [1.29, 1.82) is 0 Å². The molecule has 0 aromatic rings. The molecular formula is C9H16FN3O2. The Bertz CT molecular complexity index is 246. The van der Waals surface area contributed by atoms with E-state index in [1.807, 2.05) is 0 Å². The minimum absolute atomic E-state index is 0.109. The summed E-state index contributed by atoms with van der Waals surface area (Å²) in [6.45, 7) is 0.684. The van der Waals surface area contributed by atoms with Gasteiger partial charge in [0.15, 0.2) is 0 Å². The number of amides is 2. The average molecular weight is 217 g/mol. The maximum atomic E-state index is 12.1. The van der Waals surface area contributed by atoms with Gasteiger partial charge in [-0.2, -0.15) is 0 Å². The number of alkyl halides is 1. The molecular weight excluding hydrogens is 201 g/mol. The van der Waals surface area contributed by atoms with Gasteiger partial charge in [0.05, 0.1) is 12.5 Å². The molecule has 0 aliphatic carbocycles. The van der Waals surface area contributed by atoms with Gasteiger partial charge in [-0.1, -0.05) is 0 Å². The van der Waals surface area contributed by atoms with E-state index in [2.05, 4.69) is 10.6 Å². The SMILES string of the molecule is CNC(=O)CC1NCCN(CCF)C1=O. The van der Waals surface area contributed by atoms with E-state index in [4.69, 9.17) is 0 Å². The van der Waals surface area contributed by atoms with Crippen molar-refractivity contribution in [2.45, 2.75) is 12.5 Å². The lowest BCUT2D eigenvalue weighted by Gasteiger charge is -2.32. The number of piperazine rings is 1. The van der Waals surface area contributed by atoms with E-state index in [0.717, 1.165) is 0 Å². The fraction of sp³-hybridized carbons (Fsp3) is 0.778. The Morgan fingerprint density at radius 1 is 1.73 bits per heavy atom. The molecule has 1 unspecified atom stereocenters. The summed E-state index contributed by atoms with van der Waals surface area (Å²) < 4.78 is 12.1. The van der Waals surface area contributed by atoms with Crippen LogP contribution in [0.4, 0.5) is 4.39 Å². The maximum Gasteiger partial charge on any atom is 0.240 e. The highest BCUT2D eigenvalue weighted by Gasteiger charge is 2.29. The van der Waals surface area contributed by atoms with E-state index >= 15 is 0 Å². The summed E-state index contributed by atoms with van der Waals surface area (Å²) in [7, 11) is 1.52. The van der Waals surface area contributed by atoms with Crippen LogP contribution in [0.5, 0.6) is 0 Å². The highest BCUT2D eigenvalue weighted by Crippen LogP contribution is 2.04. The second-order valence-corrected chi connectivity index (χ2v) is 3.40. The van der Waals surface area contributed by atoms with Gasteiger partial charge in [-0.15, -0.1) is 0 Å². The second-order valence-electron chi connectivity index (χ2n) is 3.40. The molecule has 1 fully saturated rings. The highest BCUT2D eigenvalue weighted by molar-refractivity contribution is 5.88. The van der Waals surface area contributed by atoms with Crippen LogP contribution in [0, 0.1) is 0 Å². The standard InChI is InChI=1S/C9H16FN3O2/c1-11-8(14)6-7-9(15)13(4-2-10)5-3-12-7/h7,12H,2-6H2,1H3,(H,11,14).